The predicted molar refractivity (Wildman–Crippen MR) is 131 cm³/mol. The number of Topliss-reactive ketones (excluding diaryl/α,β-unsaturated/α-hetero) is 1. The lowest BCUT2D eigenvalue weighted by atomic mass is 10.1. The van der Waals surface area contributed by atoms with E-state index in [-0.39, 0.29) is 23.8 Å². The summed E-state index contributed by atoms with van der Waals surface area (Å²) < 4.78 is 1.51. The Hall–Kier alpha value is -3.26. The predicted octanol–water partition coefficient (Wildman–Crippen LogP) is 4.08. The molecule has 2 aromatic heterocycles. The molecule has 0 spiro atoms. The van der Waals surface area contributed by atoms with Crippen LogP contribution in [0.5, 0.6) is 0 Å². The number of ketones is 1. The fourth-order valence-electron chi connectivity index (χ4n) is 4.05. The molecule has 3 heterocycles. The van der Waals surface area contributed by atoms with E-state index in [0.29, 0.717) is 26.7 Å². The van der Waals surface area contributed by atoms with E-state index in [2.05, 4.69) is 10.1 Å². The van der Waals surface area contributed by atoms with Crippen molar-refractivity contribution >= 4 is 28.7 Å². The number of amides is 1. The van der Waals surface area contributed by atoms with E-state index in [4.69, 9.17) is 0 Å². The Morgan fingerprint density at radius 2 is 1.73 bits per heavy atom. The lowest BCUT2D eigenvalue weighted by Gasteiger charge is -2.13. The Morgan fingerprint density at radius 3 is 2.42 bits per heavy atom. The van der Waals surface area contributed by atoms with Gasteiger partial charge in [-0.3, -0.25) is 24.5 Å². The number of carbonyl (C=O) groups excluding carboxylic acids is 2. The van der Waals surface area contributed by atoms with E-state index in [1.807, 2.05) is 43.9 Å². The molecule has 1 aliphatic rings. The molecule has 0 radical (unpaired) electrons. The second-order valence-electron chi connectivity index (χ2n) is 8.51. The number of aromatic nitrogens is 2. The molecule has 33 heavy (non-hydrogen) atoms. The second kappa shape index (κ2) is 9.31. The first-order valence-corrected chi connectivity index (χ1v) is 11.9. The molecular formula is C25H28N4O3S. The van der Waals surface area contributed by atoms with E-state index in [0.717, 1.165) is 42.7 Å². The van der Waals surface area contributed by atoms with E-state index in [9.17, 15) is 14.4 Å². The molecular weight excluding hydrogens is 436 g/mol. The number of aromatic amines is 1. The van der Waals surface area contributed by atoms with Gasteiger partial charge in [-0.25, -0.2) is 4.68 Å². The van der Waals surface area contributed by atoms with Crippen molar-refractivity contribution in [2.75, 3.05) is 19.6 Å². The van der Waals surface area contributed by atoms with Crippen LogP contribution in [0.4, 0.5) is 0 Å². The van der Waals surface area contributed by atoms with Crippen LogP contribution >= 0.6 is 11.3 Å². The summed E-state index contributed by atoms with van der Waals surface area (Å²) in [6.07, 6.45) is 2.06. The third kappa shape index (κ3) is 4.61. The van der Waals surface area contributed by atoms with E-state index >= 15 is 0 Å². The van der Waals surface area contributed by atoms with Crippen LogP contribution in [0.2, 0.25) is 0 Å². The highest BCUT2D eigenvalue weighted by molar-refractivity contribution is 7.16. The molecule has 7 nitrogen and oxygen atoms in total. The molecule has 8 heteroatoms. The number of aryl methyl sites for hydroxylation is 3. The molecule has 0 aliphatic carbocycles. The minimum absolute atomic E-state index is 0.00827. The molecule has 1 aliphatic heterocycles. The molecule has 1 amide bonds. The van der Waals surface area contributed by atoms with Gasteiger partial charge in [0, 0.05) is 24.5 Å². The molecule has 1 N–H and O–H groups in total. The molecule has 4 rings (SSSR count). The zero-order valence-corrected chi connectivity index (χ0v) is 20.2. The standard InChI is InChI=1S/C25H28N4O3S/c1-15-7-8-19(13-16(15)2)29-25(32)23(18(4)27-29)17(3)26-14-20(30)21-9-10-22(33-21)24(31)28-11-5-6-12-28/h7-10,13,27H,5-6,11-12,14H2,1-4H3. The van der Waals surface area contributed by atoms with Gasteiger partial charge in [0.15, 0.2) is 5.78 Å². The van der Waals surface area contributed by atoms with Gasteiger partial charge in [0.25, 0.3) is 11.5 Å². The summed E-state index contributed by atoms with van der Waals surface area (Å²) in [5.74, 6) is -0.173. The number of benzene rings is 1. The minimum atomic E-state index is -0.195. The van der Waals surface area contributed by atoms with Crippen molar-refractivity contribution < 1.29 is 9.59 Å². The first kappa shape index (κ1) is 22.9. The van der Waals surface area contributed by atoms with Gasteiger partial charge in [-0.2, -0.15) is 0 Å². The lowest BCUT2D eigenvalue weighted by Crippen LogP contribution is -2.26. The Balaban J connectivity index is 1.51. The van der Waals surface area contributed by atoms with Crippen molar-refractivity contribution in [3.63, 3.8) is 0 Å². The fraction of sp³-hybridized carbons (Fsp3) is 0.360. The first-order valence-electron chi connectivity index (χ1n) is 11.1. The second-order valence-corrected chi connectivity index (χ2v) is 9.59. The maximum atomic E-state index is 13.1. The molecule has 0 saturated carbocycles. The van der Waals surface area contributed by atoms with Crippen LogP contribution in [0.15, 0.2) is 40.1 Å². The van der Waals surface area contributed by atoms with E-state index in [1.165, 1.54) is 16.0 Å². The van der Waals surface area contributed by atoms with Crippen LogP contribution in [0.3, 0.4) is 0 Å². The summed E-state index contributed by atoms with van der Waals surface area (Å²) >= 11 is 1.21. The number of hydrogen-bond donors (Lipinski definition) is 1. The van der Waals surface area contributed by atoms with Gasteiger partial charge in [0.2, 0.25) is 0 Å². The molecule has 1 saturated heterocycles. The maximum absolute atomic E-state index is 13.1. The summed E-state index contributed by atoms with van der Waals surface area (Å²) in [5.41, 5.74) is 4.50. The van der Waals surface area contributed by atoms with Crippen molar-refractivity contribution in [2.45, 2.75) is 40.5 Å². The first-order chi connectivity index (χ1) is 15.8. The number of nitrogens with one attached hydrogen (secondary N) is 1. The molecule has 0 unspecified atom stereocenters. The molecule has 1 fully saturated rings. The summed E-state index contributed by atoms with van der Waals surface area (Å²) in [6, 6.07) is 9.25. The van der Waals surface area contributed by atoms with Gasteiger partial charge in [-0.15, -0.1) is 11.3 Å². The zero-order chi connectivity index (χ0) is 23.7. The van der Waals surface area contributed by atoms with Crippen LogP contribution in [0.1, 0.15) is 61.5 Å². The number of likely N-dealkylation sites (tertiary alicyclic amines) is 1. The number of hydrogen-bond acceptors (Lipinski definition) is 5. The largest absolute Gasteiger partial charge is 0.338 e. The van der Waals surface area contributed by atoms with Gasteiger partial charge < -0.3 is 4.90 Å². The third-order valence-electron chi connectivity index (χ3n) is 6.13. The van der Waals surface area contributed by atoms with E-state index < -0.39 is 0 Å². The van der Waals surface area contributed by atoms with Gasteiger partial charge in [0.1, 0.15) is 6.54 Å². The number of H-pyrrole nitrogens is 1. The Kier molecular flexibility index (Phi) is 6.47. The van der Waals surface area contributed by atoms with Crippen molar-refractivity contribution in [3.05, 3.63) is 72.8 Å². The minimum Gasteiger partial charge on any atom is -0.338 e. The third-order valence-corrected chi connectivity index (χ3v) is 7.24. The van der Waals surface area contributed by atoms with Crippen molar-refractivity contribution in [1.29, 1.82) is 0 Å². The van der Waals surface area contributed by atoms with Crippen LogP contribution < -0.4 is 5.56 Å². The van der Waals surface area contributed by atoms with Crippen molar-refractivity contribution in [2.24, 2.45) is 4.99 Å². The van der Waals surface area contributed by atoms with E-state index in [1.54, 1.807) is 19.1 Å². The normalized spacial score (nSPS) is 14.2. The van der Waals surface area contributed by atoms with Crippen LogP contribution in [0.25, 0.3) is 5.69 Å². The number of thiophene rings is 1. The van der Waals surface area contributed by atoms with Gasteiger partial charge in [-0.05, 0) is 75.9 Å². The SMILES string of the molecule is CC(=NCC(=O)c1ccc(C(=O)N2CCCC2)s1)c1c(C)[nH]n(-c2ccc(C)c(C)c2)c1=O. The van der Waals surface area contributed by atoms with Crippen LogP contribution in [-0.2, 0) is 0 Å². The summed E-state index contributed by atoms with van der Waals surface area (Å²) in [4.78, 5) is 45.6. The van der Waals surface area contributed by atoms with Crippen LogP contribution in [-0.4, -0.2) is 51.7 Å². The number of carbonyl (C=O) groups is 2. The molecule has 0 atom stereocenters. The summed E-state index contributed by atoms with van der Waals surface area (Å²) in [6.45, 7) is 9.08. The van der Waals surface area contributed by atoms with Gasteiger partial charge in [-0.1, -0.05) is 6.07 Å². The number of rotatable bonds is 6. The molecule has 1 aromatic carbocycles. The molecule has 3 aromatic rings. The van der Waals surface area contributed by atoms with Crippen LogP contribution in [0, 0.1) is 20.8 Å². The maximum Gasteiger partial charge on any atom is 0.280 e. The monoisotopic (exact) mass is 464 g/mol. The van der Waals surface area contributed by atoms with Gasteiger partial charge in [0.05, 0.1) is 21.0 Å². The smallest absolute Gasteiger partial charge is 0.280 e. The highest BCUT2D eigenvalue weighted by Crippen LogP contribution is 2.21. The highest BCUT2D eigenvalue weighted by Gasteiger charge is 2.22. The topological polar surface area (TPSA) is 87.5 Å². The zero-order valence-electron chi connectivity index (χ0n) is 19.4. The average Bonchev–Trinajstić information content (AvgIpc) is 3.54. The Bertz CT molecular complexity index is 1310. The van der Waals surface area contributed by atoms with Crippen molar-refractivity contribution in [3.8, 4) is 5.69 Å². The number of nitrogens with zero attached hydrogens (tertiary/aromatic N) is 3. The Labute approximate surface area is 196 Å². The number of aliphatic imine (C=N–C) groups is 1. The Morgan fingerprint density at radius 1 is 1.03 bits per heavy atom. The molecule has 0 bridgehead atoms. The summed E-state index contributed by atoms with van der Waals surface area (Å²) in [5, 5.41) is 3.12. The fourth-order valence-corrected chi connectivity index (χ4v) is 4.95. The van der Waals surface area contributed by atoms with Crippen molar-refractivity contribution in [1.82, 2.24) is 14.7 Å². The molecule has 172 valence electrons. The average molecular weight is 465 g/mol. The highest BCUT2D eigenvalue weighted by atomic mass is 32.1. The quantitative estimate of drug-likeness (QED) is 0.440. The van der Waals surface area contributed by atoms with Gasteiger partial charge >= 0.3 is 0 Å². The summed E-state index contributed by atoms with van der Waals surface area (Å²) in [7, 11) is 0. The lowest BCUT2D eigenvalue weighted by molar-refractivity contribution is 0.0797.